The Morgan fingerprint density at radius 1 is 0.806 bits per heavy atom. The molecular weight excluding hydrogens is 450 g/mol. The molecule has 0 aliphatic rings. The van der Waals surface area contributed by atoms with Gasteiger partial charge in [-0.1, -0.05) is 80.1 Å². The summed E-state index contributed by atoms with van der Waals surface area (Å²) < 4.78 is 17.5. The summed E-state index contributed by atoms with van der Waals surface area (Å²) in [6.45, 7) is 2.08. The van der Waals surface area contributed by atoms with Crippen LogP contribution in [0.3, 0.4) is 0 Å². The van der Waals surface area contributed by atoms with Crippen LogP contribution in [0.5, 0.6) is 11.5 Å². The van der Waals surface area contributed by atoms with Crippen molar-refractivity contribution in [1.29, 1.82) is 0 Å². The molecule has 180 valence electrons. The van der Waals surface area contributed by atoms with Crippen molar-refractivity contribution in [1.82, 2.24) is 4.98 Å². The molecule has 0 bridgehead atoms. The monoisotopic (exact) mass is 477 g/mol. The lowest BCUT2D eigenvalue weighted by Gasteiger charge is -2.18. The normalized spacial score (nSPS) is 11.0. The van der Waals surface area contributed by atoms with Crippen molar-refractivity contribution < 1.29 is 13.9 Å². The molecule has 0 saturated carbocycles. The molecule has 0 aliphatic carbocycles. The maximum absolute atomic E-state index is 12.7. The van der Waals surface area contributed by atoms with E-state index in [0.29, 0.717) is 34.8 Å². The number of rotatable bonds is 7. The topological polar surface area (TPSA) is 61.6 Å². The van der Waals surface area contributed by atoms with E-state index in [9.17, 15) is 4.79 Å². The second-order valence-corrected chi connectivity index (χ2v) is 8.53. The van der Waals surface area contributed by atoms with Crippen LogP contribution in [-0.2, 0) is 6.42 Å². The Morgan fingerprint density at radius 3 is 2.11 bits per heavy atom. The van der Waals surface area contributed by atoms with Gasteiger partial charge in [0.05, 0.1) is 36.6 Å². The lowest BCUT2D eigenvalue weighted by atomic mass is 9.94. The molecule has 2 aromatic heterocycles. The lowest BCUT2D eigenvalue weighted by Crippen LogP contribution is -2.05. The molecule has 5 rings (SSSR count). The van der Waals surface area contributed by atoms with Gasteiger partial charge in [0.2, 0.25) is 0 Å². The highest BCUT2D eigenvalue weighted by Crippen LogP contribution is 2.45. The number of benzene rings is 3. The second kappa shape index (κ2) is 10.1. The van der Waals surface area contributed by atoms with Gasteiger partial charge in [0.15, 0.2) is 5.58 Å². The maximum atomic E-state index is 12.7. The van der Waals surface area contributed by atoms with Crippen LogP contribution in [0.1, 0.15) is 18.9 Å². The van der Waals surface area contributed by atoms with Gasteiger partial charge < -0.3 is 13.9 Å². The Hall–Kier alpha value is -4.38. The number of ether oxygens (including phenoxy) is 2. The van der Waals surface area contributed by atoms with Crippen molar-refractivity contribution in [2.75, 3.05) is 14.2 Å². The molecule has 0 saturated heterocycles. The molecule has 3 aromatic carbocycles. The summed E-state index contributed by atoms with van der Waals surface area (Å²) in [7, 11) is 3.21. The van der Waals surface area contributed by atoms with Crippen LogP contribution in [0, 0.1) is 0 Å². The summed E-state index contributed by atoms with van der Waals surface area (Å²) >= 11 is 0. The third-order valence-electron chi connectivity index (χ3n) is 6.27. The molecule has 0 radical (unpaired) electrons. The van der Waals surface area contributed by atoms with Gasteiger partial charge in [0.1, 0.15) is 11.5 Å². The number of fused-ring (bicyclic) bond motifs is 1. The molecule has 5 nitrogen and oxygen atoms in total. The van der Waals surface area contributed by atoms with Crippen molar-refractivity contribution in [3.63, 3.8) is 0 Å². The molecule has 0 amide bonds. The summed E-state index contributed by atoms with van der Waals surface area (Å²) in [4.78, 5) is 17.9. The predicted octanol–water partition coefficient (Wildman–Crippen LogP) is 7.16. The number of aromatic nitrogens is 1. The van der Waals surface area contributed by atoms with Gasteiger partial charge in [-0.3, -0.25) is 0 Å². The van der Waals surface area contributed by atoms with Crippen molar-refractivity contribution in [2.45, 2.75) is 19.8 Å². The van der Waals surface area contributed by atoms with E-state index >= 15 is 0 Å². The third kappa shape index (κ3) is 4.24. The standard InChI is InChI=1S/C31H27NO4/c1-4-11-22-18-27(33)36-31-28(22)25(34-2)19-26(35-3)29(31)30-23(20-12-7-5-8-13-20)16-17-24(32-30)21-14-9-6-10-15-21/h5-10,12-19H,4,11H2,1-3H3. The van der Waals surface area contributed by atoms with E-state index in [0.717, 1.165) is 39.8 Å². The fourth-order valence-corrected chi connectivity index (χ4v) is 4.65. The Morgan fingerprint density at radius 2 is 1.47 bits per heavy atom. The highest BCUT2D eigenvalue weighted by atomic mass is 16.5. The van der Waals surface area contributed by atoms with Crippen molar-refractivity contribution >= 4 is 11.0 Å². The van der Waals surface area contributed by atoms with Crippen LogP contribution in [0.15, 0.2) is 94.1 Å². The zero-order valence-corrected chi connectivity index (χ0v) is 20.6. The summed E-state index contributed by atoms with van der Waals surface area (Å²) in [5, 5.41) is 0.765. The highest BCUT2D eigenvalue weighted by molar-refractivity contribution is 6.03. The van der Waals surface area contributed by atoms with Gasteiger partial charge >= 0.3 is 5.63 Å². The number of pyridine rings is 1. The van der Waals surface area contributed by atoms with Crippen LogP contribution < -0.4 is 15.1 Å². The Labute approximate surface area is 210 Å². The number of aryl methyl sites for hydroxylation is 1. The van der Waals surface area contributed by atoms with Gasteiger partial charge in [-0.15, -0.1) is 0 Å². The van der Waals surface area contributed by atoms with Crippen LogP contribution in [-0.4, -0.2) is 19.2 Å². The van der Waals surface area contributed by atoms with Gasteiger partial charge in [0, 0.05) is 23.3 Å². The first-order valence-corrected chi connectivity index (χ1v) is 12.0. The van der Waals surface area contributed by atoms with E-state index in [4.69, 9.17) is 18.9 Å². The molecule has 2 heterocycles. The zero-order chi connectivity index (χ0) is 25.1. The summed E-state index contributed by atoms with van der Waals surface area (Å²) in [6, 6.07) is 27.5. The molecule has 5 heteroatoms. The number of methoxy groups -OCH3 is 2. The molecule has 0 aliphatic heterocycles. The summed E-state index contributed by atoms with van der Waals surface area (Å²) in [5.74, 6) is 1.12. The average Bonchev–Trinajstić information content (AvgIpc) is 2.92. The van der Waals surface area contributed by atoms with Crippen LogP contribution in [0.2, 0.25) is 0 Å². The molecule has 0 N–H and O–H groups in total. The first kappa shape index (κ1) is 23.4. The fourth-order valence-electron chi connectivity index (χ4n) is 4.65. The number of nitrogens with zero attached hydrogens (tertiary/aromatic N) is 1. The summed E-state index contributed by atoms with van der Waals surface area (Å²) in [6.07, 6.45) is 1.59. The zero-order valence-electron chi connectivity index (χ0n) is 20.6. The van der Waals surface area contributed by atoms with Crippen LogP contribution in [0.25, 0.3) is 44.6 Å². The molecule has 0 atom stereocenters. The Bertz CT molecular complexity index is 1570. The minimum absolute atomic E-state index is 0.414. The van der Waals surface area contributed by atoms with Crippen molar-refractivity contribution in [3.05, 3.63) is 101 Å². The van der Waals surface area contributed by atoms with E-state index in [-0.39, 0.29) is 0 Å². The average molecular weight is 478 g/mol. The van der Waals surface area contributed by atoms with Gasteiger partial charge in [0.25, 0.3) is 0 Å². The molecule has 0 spiro atoms. The van der Waals surface area contributed by atoms with Crippen LogP contribution >= 0.6 is 0 Å². The van der Waals surface area contributed by atoms with Gasteiger partial charge in [-0.05, 0) is 23.6 Å². The number of hydrogen-bond donors (Lipinski definition) is 0. The predicted molar refractivity (Wildman–Crippen MR) is 144 cm³/mol. The van der Waals surface area contributed by atoms with E-state index in [1.807, 2.05) is 72.8 Å². The van der Waals surface area contributed by atoms with Gasteiger partial charge in [-0.25, -0.2) is 9.78 Å². The van der Waals surface area contributed by atoms with E-state index in [1.54, 1.807) is 20.3 Å². The van der Waals surface area contributed by atoms with Crippen molar-refractivity contribution in [2.24, 2.45) is 0 Å². The largest absolute Gasteiger partial charge is 0.496 e. The van der Waals surface area contributed by atoms with Gasteiger partial charge in [-0.2, -0.15) is 0 Å². The Balaban J connectivity index is 1.92. The first-order valence-electron chi connectivity index (χ1n) is 12.0. The third-order valence-corrected chi connectivity index (χ3v) is 6.27. The quantitative estimate of drug-likeness (QED) is 0.233. The lowest BCUT2D eigenvalue weighted by molar-refractivity contribution is 0.396. The van der Waals surface area contributed by atoms with E-state index in [1.165, 1.54) is 0 Å². The number of hydrogen-bond acceptors (Lipinski definition) is 5. The van der Waals surface area contributed by atoms with E-state index in [2.05, 4.69) is 13.0 Å². The van der Waals surface area contributed by atoms with E-state index < -0.39 is 5.63 Å². The maximum Gasteiger partial charge on any atom is 0.336 e. The fraction of sp³-hybridized carbons (Fsp3) is 0.161. The first-order chi connectivity index (χ1) is 17.6. The Kier molecular flexibility index (Phi) is 6.54. The molecular formula is C31H27NO4. The molecule has 0 unspecified atom stereocenters. The smallest absolute Gasteiger partial charge is 0.336 e. The minimum atomic E-state index is -0.414. The van der Waals surface area contributed by atoms with Crippen molar-refractivity contribution in [3.8, 4) is 45.1 Å². The minimum Gasteiger partial charge on any atom is -0.496 e. The molecule has 0 fully saturated rings. The summed E-state index contributed by atoms with van der Waals surface area (Å²) in [5.41, 5.74) is 5.88. The SMILES string of the molecule is CCCc1cc(=O)oc2c(-c3nc(-c4ccccc4)ccc3-c3ccccc3)c(OC)cc(OC)c12. The van der Waals surface area contributed by atoms with Crippen LogP contribution in [0.4, 0.5) is 0 Å². The highest BCUT2D eigenvalue weighted by Gasteiger charge is 2.24. The molecule has 36 heavy (non-hydrogen) atoms. The second-order valence-electron chi connectivity index (χ2n) is 8.53. The molecule has 5 aromatic rings.